The molecule has 3 aromatic carbocycles. The third-order valence-corrected chi connectivity index (χ3v) is 6.34. The van der Waals surface area contributed by atoms with Crippen molar-refractivity contribution in [3.63, 3.8) is 0 Å². The Labute approximate surface area is 210 Å². The third-order valence-electron chi connectivity index (χ3n) is 6.34. The van der Waals surface area contributed by atoms with Gasteiger partial charge in [-0.15, -0.1) is 10.2 Å². The van der Waals surface area contributed by atoms with Gasteiger partial charge in [0.15, 0.2) is 11.5 Å². The van der Waals surface area contributed by atoms with Crippen molar-refractivity contribution in [3.8, 4) is 34.4 Å². The summed E-state index contributed by atoms with van der Waals surface area (Å²) in [6.07, 6.45) is 0.773. The number of ether oxygens (including phenoxy) is 2. The minimum absolute atomic E-state index is 0.00910. The lowest BCUT2D eigenvalue weighted by atomic mass is 9.98. The van der Waals surface area contributed by atoms with Gasteiger partial charge in [-0.05, 0) is 86.3 Å². The first-order valence-corrected chi connectivity index (χ1v) is 12.3. The van der Waals surface area contributed by atoms with Crippen LogP contribution in [0.15, 0.2) is 65.1 Å². The normalized spacial score (nSPS) is 12.8. The van der Waals surface area contributed by atoms with Gasteiger partial charge in [-0.1, -0.05) is 18.2 Å². The monoisotopic (exact) mass is 483 g/mol. The number of nitrogens with zero attached hydrogens (tertiary/aromatic N) is 3. The maximum Gasteiger partial charge on any atom is 0.254 e. The van der Waals surface area contributed by atoms with Gasteiger partial charge in [-0.3, -0.25) is 4.79 Å². The average molecular weight is 484 g/mol. The number of hydrogen-bond donors (Lipinski definition) is 0. The lowest BCUT2D eigenvalue weighted by Gasteiger charge is -2.30. The van der Waals surface area contributed by atoms with E-state index in [-0.39, 0.29) is 5.91 Å². The van der Waals surface area contributed by atoms with Crippen LogP contribution in [0.5, 0.6) is 11.5 Å². The molecule has 0 fully saturated rings. The minimum atomic E-state index is -0.00910. The Morgan fingerprint density at radius 3 is 2.28 bits per heavy atom. The lowest BCUT2D eigenvalue weighted by molar-refractivity contribution is 0.0734. The van der Waals surface area contributed by atoms with E-state index >= 15 is 0 Å². The summed E-state index contributed by atoms with van der Waals surface area (Å²) in [5, 5.41) is 8.41. The van der Waals surface area contributed by atoms with Gasteiger partial charge in [0, 0.05) is 29.8 Å². The zero-order chi connectivity index (χ0) is 25.1. The summed E-state index contributed by atoms with van der Waals surface area (Å²) in [4.78, 5) is 15.2. The number of hydrogen-bond acceptors (Lipinski definition) is 6. The molecule has 36 heavy (non-hydrogen) atoms. The predicted molar refractivity (Wildman–Crippen MR) is 137 cm³/mol. The lowest BCUT2D eigenvalue weighted by Crippen LogP contribution is -2.36. The van der Waals surface area contributed by atoms with Gasteiger partial charge in [0.1, 0.15) is 0 Å². The zero-order valence-corrected chi connectivity index (χ0v) is 20.8. The van der Waals surface area contributed by atoms with Crippen molar-refractivity contribution in [2.45, 2.75) is 33.7 Å². The molecular weight excluding hydrogens is 454 g/mol. The molecule has 7 nitrogen and oxygen atoms in total. The van der Waals surface area contributed by atoms with Crippen LogP contribution in [0.4, 0.5) is 0 Å². The van der Waals surface area contributed by atoms with E-state index in [1.165, 1.54) is 5.56 Å². The summed E-state index contributed by atoms with van der Waals surface area (Å²) in [7, 11) is 0. The van der Waals surface area contributed by atoms with E-state index in [0.29, 0.717) is 43.6 Å². The molecule has 1 aliphatic rings. The molecule has 1 aromatic heterocycles. The van der Waals surface area contributed by atoms with Crippen molar-refractivity contribution >= 4 is 5.91 Å². The van der Waals surface area contributed by atoms with Crippen LogP contribution < -0.4 is 9.47 Å². The molecule has 5 rings (SSSR count). The molecule has 0 aliphatic carbocycles. The van der Waals surface area contributed by atoms with Crippen LogP contribution in [0.2, 0.25) is 0 Å². The fourth-order valence-electron chi connectivity index (χ4n) is 4.47. The van der Waals surface area contributed by atoms with Gasteiger partial charge >= 0.3 is 0 Å². The van der Waals surface area contributed by atoms with E-state index in [9.17, 15) is 4.79 Å². The predicted octanol–water partition coefficient (Wildman–Crippen LogP) is 5.71. The Morgan fingerprint density at radius 2 is 1.58 bits per heavy atom. The number of rotatable bonds is 7. The first-order chi connectivity index (χ1) is 17.6. The molecule has 0 atom stereocenters. The zero-order valence-electron chi connectivity index (χ0n) is 20.8. The maximum atomic E-state index is 13.3. The van der Waals surface area contributed by atoms with Crippen molar-refractivity contribution in [2.24, 2.45) is 0 Å². The number of carbonyl (C=O) groups is 1. The van der Waals surface area contributed by atoms with Gasteiger partial charge < -0.3 is 18.8 Å². The van der Waals surface area contributed by atoms with Gasteiger partial charge in [-0.2, -0.15) is 0 Å². The van der Waals surface area contributed by atoms with Crippen LogP contribution in [-0.2, 0) is 13.0 Å². The molecule has 0 radical (unpaired) electrons. The minimum Gasteiger partial charge on any atom is -0.490 e. The molecule has 2 heterocycles. The van der Waals surface area contributed by atoms with Crippen LogP contribution >= 0.6 is 0 Å². The number of fused-ring (bicyclic) bond motifs is 1. The third kappa shape index (κ3) is 4.69. The summed E-state index contributed by atoms with van der Waals surface area (Å²) in [6, 6.07) is 19.3. The average Bonchev–Trinajstić information content (AvgIpc) is 3.39. The number of benzene rings is 3. The molecule has 0 N–H and O–H groups in total. The molecule has 0 spiro atoms. The highest BCUT2D eigenvalue weighted by molar-refractivity contribution is 5.94. The van der Waals surface area contributed by atoms with Crippen LogP contribution in [0.3, 0.4) is 0 Å². The molecule has 0 saturated heterocycles. The van der Waals surface area contributed by atoms with Gasteiger partial charge in [-0.25, -0.2) is 0 Å². The summed E-state index contributed by atoms with van der Waals surface area (Å²) in [6.45, 7) is 8.24. The maximum absolute atomic E-state index is 13.3. The van der Waals surface area contributed by atoms with Crippen LogP contribution in [-0.4, -0.2) is 40.8 Å². The van der Waals surface area contributed by atoms with Gasteiger partial charge in [0.05, 0.1) is 13.2 Å². The highest BCUT2D eigenvalue weighted by Gasteiger charge is 2.24. The van der Waals surface area contributed by atoms with Crippen LogP contribution in [0.25, 0.3) is 22.9 Å². The SMILES string of the molecule is CCOc1cc2c(cc1OCC)CN(C(=O)c1ccc(-c3nnc(-c4ccccc4C)o3)cc1)CC2. The molecule has 1 amide bonds. The summed E-state index contributed by atoms with van der Waals surface area (Å²) >= 11 is 0. The van der Waals surface area contributed by atoms with Crippen molar-refractivity contribution in [2.75, 3.05) is 19.8 Å². The molecule has 1 aliphatic heterocycles. The Hall–Kier alpha value is -4.13. The first-order valence-electron chi connectivity index (χ1n) is 12.3. The Balaban J connectivity index is 1.32. The Kier molecular flexibility index (Phi) is 6.71. The quantitative estimate of drug-likeness (QED) is 0.335. The van der Waals surface area contributed by atoms with E-state index in [1.54, 1.807) is 0 Å². The highest BCUT2D eigenvalue weighted by Crippen LogP contribution is 2.34. The van der Waals surface area contributed by atoms with Crippen molar-refractivity contribution in [3.05, 3.63) is 82.9 Å². The van der Waals surface area contributed by atoms with E-state index in [0.717, 1.165) is 40.2 Å². The summed E-state index contributed by atoms with van der Waals surface area (Å²) in [5.74, 6) is 2.38. The van der Waals surface area contributed by atoms with E-state index in [4.69, 9.17) is 13.9 Å². The fraction of sp³-hybridized carbons (Fsp3) is 0.276. The second-order valence-corrected chi connectivity index (χ2v) is 8.72. The topological polar surface area (TPSA) is 77.7 Å². The Morgan fingerprint density at radius 1 is 0.917 bits per heavy atom. The fourth-order valence-corrected chi connectivity index (χ4v) is 4.47. The molecule has 7 heteroatoms. The van der Waals surface area contributed by atoms with Crippen molar-refractivity contribution < 1.29 is 18.7 Å². The molecule has 184 valence electrons. The Bertz CT molecular complexity index is 1380. The largest absolute Gasteiger partial charge is 0.490 e. The summed E-state index contributed by atoms with van der Waals surface area (Å²) in [5.41, 5.74) is 5.66. The molecule has 0 unspecified atom stereocenters. The highest BCUT2D eigenvalue weighted by atomic mass is 16.5. The number of aryl methyl sites for hydroxylation is 1. The number of aromatic nitrogens is 2. The van der Waals surface area contributed by atoms with E-state index < -0.39 is 0 Å². The van der Waals surface area contributed by atoms with Crippen LogP contribution in [0, 0.1) is 6.92 Å². The molecule has 0 saturated carbocycles. The smallest absolute Gasteiger partial charge is 0.254 e. The van der Waals surface area contributed by atoms with Crippen LogP contribution in [0.1, 0.15) is 40.9 Å². The number of amides is 1. The van der Waals surface area contributed by atoms with Gasteiger partial charge in [0.25, 0.3) is 5.91 Å². The first kappa shape index (κ1) is 23.6. The second kappa shape index (κ2) is 10.2. The molecule has 0 bridgehead atoms. The second-order valence-electron chi connectivity index (χ2n) is 8.72. The van der Waals surface area contributed by atoms with E-state index in [1.807, 2.05) is 80.3 Å². The molecular formula is C29H29N3O4. The number of carbonyl (C=O) groups excluding carboxylic acids is 1. The van der Waals surface area contributed by atoms with Gasteiger partial charge in [0.2, 0.25) is 11.8 Å². The summed E-state index contributed by atoms with van der Waals surface area (Å²) < 4.78 is 17.4. The van der Waals surface area contributed by atoms with Crippen molar-refractivity contribution in [1.29, 1.82) is 0 Å². The molecule has 4 aromatic rings. The van der Waals surface area contributed by atoms with E-state index in [2.05, 4.69) is 16.3 Å². The van der Waals surface area contributed by atoms with Crippen molar-refractivity contribution in [1.82, 2.24) is 15.1 Å². The standard InChI is InChI=1S/C29H29N3O4/c1-4-34-25-16-22-14-15-32(18-23(22)17-26(25)35-5-2)29(33)21-12-10-20(11-13-21)27-30-31-28(36-27)24-9-7-6-8-19(24)3/h6-13,16-17H,4-5,14-15,18H2,1-3H3.